The summed E-state index contributed by atoms with van der Waals surface area (Å²) in [6.45, 7) is 3.86. The molecular weight excluding hydrogens is 198 g/mol. The summed E-state index contributed by atoms with van der Waals surface area (Å²) in [4.78, 5) is 0. The van der Waals surface area contributed by atoms with Gasteiger partial charge in [0.15, 0.2) is 0 Å². The first kappa shape index (κ1) is 10.0. The van der Waals surface area contributed by atoms with E-state index in [-0.39, 0.29) is 0 Å². The Morgan fingerprint density at radius 3 is 3.36 bits per heavy atom. The van der Waals surface area contributed by atoms with Crippen LogP contribution in [0.4, 0.5) is 0 Å². The van der Waals surface area contributed by atoms with E-state index in [1.807, 2.05) is 5.38 Å². The molecule has 1 fully saturated rings. The zero-order chi connectivity index (χ0) is 9.80. The van der Waals surface area contributed by atoms with Crippen molar-refractivity contribution in [2.24, 2.45) is 0 Å². The molecule has 0 aliphatic carbocycles. The Morgan fingerprint density at radius 1 is 1.79 bits per heavy atom. The van der Waals surface area contributed by atoms with Gasteiger partial charge in [0.2, 0.25) is 0 Å². The maximum absolute atomic E-state index is 5.59. The van der Waals surface area contributed by atoms with Crippen LogP contribution in [0.5, 0.6) is 0 Å². The molecule has 2 unspecified atom stereocenters. The second kappa shape index (κ2) is 4.82. The number of ether oxygens (including phenoxy) is 1. The third-order valence-electron chi connectivity index (χ3n) is 2.53. The van der Waals surface area contributed by atoms with Gasteiger partial charge in [0, 0.05) is 24.6 Å². The van der Waals surface area contributed by atoms with Crippen molar-refractivity contribution in [2.45, 2.75) is 38.5 Å². The predicted molar refractivity (Wildman–Crippen MR) is 55.2 cm³/mol. The molecule has 0 spiro atoms. The maximum atomic E-state index is 5.59. The fraction of sp³-hybridized carbons (Fsp3) is 0.778. The Balaban J connectivity index is 1.74. The summed E-state index contributed by atoms with van der Waals surface area (Å²) in [7, 11) is 0. The first-order chi connectivity index (χ1) is 6.86. The van der Waals surface area contributed by atoms with Crippen LogP contribution in [0, 0.1) is 0 Å². The molecule has 78 valence electrons. The summed E-state index contributed by atoms with van der Waals surface area (Å²) in [6.07, 6.45) is 2.74. The zero-order valence-corrected chi connectivity index (χ0v) is 9.09. The van der Waals surface area contributed by atoms with Crippen LogP contribution in [-0.2, 0) is 11.3 Å². The number of nitrogens with one attached hydrogen (secondary N) is 1. The van der Waals surface area contributed by atoms with Gasteiger partial charge in [0.25, 0.3) is 0 Å². The first-order valence-corrected chi connectivity index (χ1v) is 5.81. The van der Waals surface area contributed by atoms with Crippen LogP contribution < -0.4 is 5.32 Å². The zero-order valence-electron chi connectivity index (χ0n) is 8.27. The van der Waals surface area contributed by atoms with Crippen LogP contribution in [0.2, 0.25) is 0 Å². The second-order valence-corrected chi connectivity index (χ2v) is 4.23. The highest BCUT2D eigenvalue weighted by molar-refractivity contribution is 7.03. The molecule has 1 aromatic rings. The van der Waals surface area contributed by atoms with E-state index in [0.29, 0.717) is 12.1 Å². The normalized spacial score (nSPS) is 23.9. The molecule has 0 bridgehead atoms. The molecule has 2 atom stereocenters. The average molecular weight is 213 g/mol. The second-order valence-electron chi connectivity index (χ2n) is 3.62. The Bertz CT molecular complexity index is 259. The van der Waals surface area contributed by atoms with E-state index in [0.717, 1.165) is 18.8 Å². The molecular formula is C9H15N3OS. The van der Waals surface area contributed by atoms with Crippen LogP contribution in [0.15, 0.2) is 5.38 Å². The van der Waals surface area contributed by atoms with Crippen molar-refractivity contribution in [3.8, 4) is 0 Å². The molecule has 1 aliphatic rings. The van der Waals surface area contributed by atoms with Crippen LogP contribution in [0.3, 0.4) is 0 Å². The number of aromatic nitrogens is 2. The molecule has 2 rings (SSSR count). The number of hydrogen-bond donors (Lipinski definition) is 1. The third kappa shape index (κ3) is 2.50. The molecule has 0 radical (unpaired) electrons. The largest absolute Gasteiger partial charge is 0.377 e. The molecule has 1 aromatic heterocycles. The lowest BCUT2D eigenvalue weighted by molar-refractivity contribution is 0.0831. The molecule has 1 saturated heterocycles. The molecule has 1 aliphatic heterocycles. The van der Waals surface area contributed by atoms with Crippen molar-refractivity contribution in [3.63, 3.8) is 0 Å². The summed E-state index contributed by atoms with van der Waals surface area (Å²) in [5.74, 6) is 0. The summed E-state index contributed by atoms with van der Waals surface area (Å²) < 4.78 is 9.41. The van der Waals surface area contributed by atoms with Gasteiger partial charge in [-0.15, -0.1) is 5.10 Å². The molecule has 0 saturated carbocycles. The topological polar surface area (TPSA) is 47.0 Å². The van der Waals surface area contributed by atoms with Crippen LogP contribution in [0.1, 0.15) is 25.5 Å². The smallest absolute Gasteiger partial charge is 0.0893 e. The van der Waals surface area contributed by atoms with E-state index in [9.17, 15) is 0 Å². The van der Waals surface area contributed by atoms with Gasteiger partial charge in [0.1, 0.15) is 0 Å². The van der Waals surface area contributed by atoms with Gasteiger partial charge in [-0.1, -0.05) is 4.49 Å². The van der Waals surface area contributed by atoms with Gasteiger partial charge < -0.3 is 10.1 Å². The van der Waals surface area contributed by atoms with E-state index >= 15 is 0 Å². The lowest BCUT2D eigenvalue weighted by Gasteiger charge is -2.19. The van der Waals surface area contributed by atoms with E-state index in [1.54, 1.807) is 0 Å². The van der Waals surface area contributed by atoms with Crippen molar-refractivity contribution in [1.29, 1.82) is 0 Å². The van der Waals surface area contributed by atoms with E-state index in [2.05, 4.69) is 21.8 Å². The van der Waals surface area contributed by atoms with Gasteiger partial charge in [-0.25, -0.2) is 0 Å². The Kier molecular flexibility index (Phi) is 3.44. The molecule has 1 N–H and O–H groups in total. The quantitative estimate of drug-likeness (QED) is 0.816. The van der Waals surface area contributed by atoms with E-state index < -0.39 is 0 Å². The van der Waals surface area contributed by atoms with Gasteiger partial charge in [0.05, 0.1) is 11.8 Å². The van der Waals surface area contributed by atoms with E-state index in [1.165, 1.54) is 24.4 Å². The lowest BCUT2D eigenvalue weighted by Crippen LogP contribution is -2.36. The Hall–Kier alpha value is -0.520. The van der Waals surface area contributed by atoms with Crippen LogP contribution in [-0.4, -0.2) is 28.3 Å². The first-order valence-electron chi connectivity index (χ1n) is 4.97. The van der Waals surface area contributed by atoms with Gasteiger partial charge >= 0.3 is 0 Å². The standard InChI is InChI=1S/C9H15N3OS/c1-7(9-3-2-4-13-9)10-5-8-6-14-12-11-8/h6-7,9-10H,2-5H2,1H3. The van der Waals surface area contributed by atoms with Crippen molar-refractivity contribution in [2.75, 3.05) is 6.61 Å². The summed E-state index contributed by atoms with van der Waals surface area (Å²) in [5, 5.41) is 9.35. The lowest BCUT2D eigenvalue weighted by atomic mass is 10.1. The Labute approximate surface area is 87.8 Å². The highest BCUT2D eigenvalue weighted by Crippen LogP contribution is 2.15. The third-order valence-corrected chi connectivity index (χ3v) is 3.09. The highest BCUT2D eigenvalue weighted by Gasteiger charge is 2.21. The number of nitrogens with zero attached hydrogens (tertiary/aromatic N) is 2. The molecule has 0 amide bonds. The van der Waals surface area contributed by atoms with Crippen molar-refractivity contribution >= 4 is 11.5 Å². The van der Waals surface area contributed by atoms with Crippen LogP contribution >= 0.6 is 11.5 Å². The highest BCUT2D eigenvalue weighted by atomic mass is 32.1. The van der Waals surface area contributed by atoms with E-state index in [4.69, 9.17) is 4.74 Å². The summed E-state index contributed by atoms with van der Waals surface area (Å²) in [6, 6.07) is 0.402. The predicted octanol–water partition coefficient (Wildman–Crippen LogP) is 1.20. The van der Waals surface area contributed by atoms with Gasteiger partial charge in [-0.3, -0.25) is 0 Å². The van der Waals surface area contributed by atoms with Crippen molar-refractivity contribution in [3.05, 3.63) is 11.1 Å². The molecule has 0 aromatic carbocycles. The molecule has 2 heterocycles. The average Bonchev–Trinajstić information content (AvgIpc) is 2.87. The van der Waals surface area contributed by atoms with Gasteiger partial charge in [-0.05, 0) is 31.3 Å². The summed E-state index contributed by atoms with van der Waals surface area (Å²) >= 11 is 1.39. The minimum absolute atomic E-state index is 0.376. The monoisotopic (exact) mass is 213 g/mol. The number of rotatable bonds is 4. The van der Waals surface area contributed by atoms with Gasteiger partial charge in [-0.2, -0.15) is 0 Å². The molecule has 4 nitrogen and oxygen atoms in total. The molecule has 14 heavy (non-hydrogen) atoms. The fourth-order valence-electron chi connectivity index (χ4n) is 1.65. The Morgan fingerprint density at radius 2 is 2.71 bits per heavy atom. The minimum atomic E-state index is 0.376. The summed E-state index contributed by atoms with van der Waals surface area (Å²) in [5.41, 5.74) is 1.01. The number of hydrogen-bond acceptors (Lipinski definition) is 5. The minimum Gasteiger partial charge on any atom is -0.377 e. The SMILES string of the molecule is CC(NCc1csnn1)C1CCCO1. The molecule has 5 heteroatoms. The van der Waals surface area contributed by atoms with Crippen molar-refractivity contribution < 1.29 is 4.74 Å². The maximum Gasteiger partial charge on any atom is 0.0893 e. The fourth-order valence-corrected chi connectivity index (χ4v) is 2.11. The van der Waals surface area contributed by atoms with Crippen LogP contribution in [0.25, 0.3) is 0 Å². The van der Waals surface area contributed by atoms with Crippen molar-refractivity contribution in [1.82, 2.24) is 14.9 Å².